The van der Waals surface area contributed by atoms with Crippen LogP contribution in [0.15, 0.2) is 0 Å². The van der Waals surface area contributed by atoms with Gasteiger partial charge in [0.2, 0.25) is 0 Å². The van der Waals surface area contributed by atoms with Crippen molar-refractivity contribution in [3.05, 3.63) is 0 Å². The highest BCUT2D eigenvalue weighted by molar-refractivity contribution is 14.0. The number of nitrogens with zero attached hydrogens (tertiary/aromatic N) is 1. The van der Waals surface area contributed by atoms with Gasteiger partial charge in [-0.3, -0.25) is 0 Å². The lowest BCUT2D eigenvalue weighted by molar-refractivity contribution is 0.242. The second kappa shape index (κ2) is 9.69. The van der Waals surface area contributed by atoms with Crippen LogP contribution in [0.4, 0.5) is 0 Å². The Bertz CT molecular complexity index is 161. The molecule has 0 amide bonds. The second-order valence-electron chi connectivity index (χ2n) is 5.31. The first kappa shape index (κ1) is 16.7. The first-order valence-corrected chi connectivity index (χ1v) is 6.99. The van der Waals surface area contributed by atoms with Crippen molar-refractivity contribution in [1.29, 1.82) is 0 Å². The lowest BCUT2D eigenvalue weighted by Gasteiger charge is -2.22. The summed E-state index contributed by atoms with van der Waals surface area (Å²) in [4.78, 5) is 2.69. The molecule has 0 N–H and O–H groups in total. The average molecular weight is 339 g/mol. The fourth-order valence-electron chi connectivity index (χ4n) is 2.58. The highest BCUT2D eigenvalue weighted by Gasteiger charge is 2.26. The Kier molecular flexibility index (Phi) is 10.1. The van der Waals surface area contributed by atoms with Gasteiger partial charge >= 0.3 is 0 Å². The van der Waals surface area contributed by atoms with Crippen LogP contribution in [-0.2, 0) is 0 Å². The van der Waals surface area contributed by atoms with Crippen molar-refractivity contribution < 1.29 is 0 Å². The third-order valence-electron chi connectivity index (χ3n) is 4.07. The lowest BCUT2D eigenvalue weighted by Crippen LogP contribution is -2.30. The maximum Gasteiger partial charge on any atom is 0.00930 e. The van der Waals surface area contributed by atoms with E-state index in [9.17, 15) is 0 Å². The molecular formula is C14H30IN. The van der Waals surface area contributed by atoms with Crippen molar-refractivity contribution >= 4 is 24.0 Å². The maximum atomic E-state index is 2.69. The zero-order valence-electron chi connectivity index (χ0n) is 11.4. The summed E-state index contributed by atoms with van der Waals surface area (Å²) in [5, 5.41) is 0. The van der Waals surface area contributed by atoms with Crippen molar-refractivity contribution in [1.82, 2.24) is 4.90 Å². The van der Waals surface area contributed by atoms with Gasteiger partial charge in [-0.25, -0.2) is 0 Å². The number of hydrogen-bond acceptors (Lipinski definition) is 1. The third-order valence-corrected chi connectivity index (χ3v) is 4.07. The van der Waals surface area contributed by atoms with Crippen LogP contribution in [0.3, 0.4) is 0 Å². The molecule has 1 heterocycles. The number of halogens is 1. The predicted octanol–water partition coefficient (Wildman–Crippen LogP) is 4.70. The molecule has 0 saturated carbocycles. The van der Waals surface area contributed by atoms with E-state index in [1.54, 1.807) is 0 Å². The van der Waals surface area contributed by atoms with Gasteiger partial charge in [-0.15, -0.1) is 24.0 Å². The van der Waals surface area contributed by atoms with Crippen LogP contribution >= 0.6 is 24.0 Å². The molecule has 2 heteroatoms. The Labute approximate surface area is 119 Å². The van der Waals surface area contributed by atoms with E-state index in [0.717, 1.165) is 12.0 Å². The van der Waals surface area contributed by atoms with Gasteiger partial charge in [0.05, 0.1) is 0 Å². The molecule has 1 fully saturated rings. The number of unbranched alkanes of at least 4 members (excludes halogenated alkanes) is 5. The zero-order chi connectivity index (χ0) is 11.1. The Morgan fingerprint density at radius 3 is 2.19 bits per heavy atom. The Balaban J connectivity index is 0.00000225. The standard InChI is InChI=1S/C14H29N.HI/c1-4-5-6-7-8-9-11-15-12-10-13(2)14(15)3;/h13-14H,4-12H2,1-3H3;1H. The topological polar surface area (TPSA) is 3.24 Å². The van der Waals surface area contributed by atoms with E-state index in [2.05, 4.69) is 25.7 Å². The summed E-state index contributed by atoms with van der Waals surface area (Å²) in [7, 11) is 0. The molecule has 0 aliphatic carbocycles. The molecule has 98 valence electrons. The van der Waals surface area contributed by atoms with Gasteiger partial charge in [0, 0.05) is 6.04 Å². The molecule has 1 aliphatic rings. The highest BCUT2D eigenvalue weighted by atomic mass is 127. The molecule has 1 rings (SSSR count). The van der Waals surface area contributed by atoms with Crippen molar-refractivity contribution in [3.63, 3.8) is 0 Å². The summed E-state index contributed by atoms with van der Waals surface area (Å²) in [6.45, 7) is 9.77. The number of likely N-dealkylation sites (tertiary alicyclic amines) is 1. The summed E-state index contributed by atoms with van der Waals surface area (Å²) in [6.07, 6.45) is 9.96. The van der Waals surface area contributed by atoms with Crippen LogP contribution in [0, 0.1) is 5.92 Å². The average Bonchev–Trinajstić information content (AvgIpc) is 2.54. The maximum absolute atomic E-state index is 2.69. The van der Waals surface area contributed by atoms with Crippen molar-refractivity contribution in [2.24, 2.45) is 5.92 Å². The predicted molar refractivity (Wildman–Crippen MR) is 83.6 cm³/mol. The lowest BCUT2D eigenvalue weighted by atomic mass is 10.1. The van der Waals surface area contributed by atoms with Gasteiger partial charge in [0.25, 0.3) is 0 Å². The minimum atomic E-state index is 0. The first-order valence-electron chi connectivity index (χ1n) is 6.99. The van der Waals surface area contributed by atoms with Gasteiger partial charge in [-0.2, -0.15) is 0 Å². The fraction of sp³-hybridized carbons (Fsp3) is 1.00. The summed E-state index contributed by atoms with van der Waals surface area (Å²) in [5.74, 6) is 0.921. The van der Waals surface area contributed by atoms with Gasteiger partial charge < -0.3 is 4.90 Å². The highest BCUT2D eigenvalue weighted by Crippen LogP contribution is 2.23. The van der Waals surface area contributed by atoms with E-state index < -0.39 is 0 Å². The molecule has 16 heavy (non-hydrogen) atoms. The second-order valence-corrected chi connectivity index (χ2v) is 5.31. The van der Waals surface area contributed by atoms with E-state index in [-0.39, 0.29) is 24.0 Å². The Hall–Kier alpha value is 0.690. The number of hydrogen-bond donors (Lipinski definition) is 0. The molecule has 0 radical (unpaired) electrons. The minimum Gasteiger partial charge on any atom is -0.300 e. The summed E-state index contributed by atoms with van der Waals surface area (Å²) < 4.78 is 0. The van der Waals surface area contributed by atoms with Crippen molar-refractivity contribution in [2.45, 2.75) is 71.8 Å². The van der Waals surface area contributed by atoms with E-state index >= 15 is 0 Å². The van der Waals surface area contributed by atoms with Crippen LogP contribution in [0.2, 0.25) is 0 Å². The van der Waals surface area contributed by atoms with Crippen LogP contribution < -0.4 is 0 Å². The molecule has 2 atom stereocenters. The van der Waals surface area contributed by atoms with E-state index in [0.29, 0.717) is 0 Å². The van der Waals surface area contributed by atoms with E-state index in [1.165, 1.54) is 58.0 Å². The molecule has 0 aromatic heterocycles. The summed E-state index contributed by atoms with van der Waals surface area (Å²) >= 11 is 0. The first-order chi connectivity index (χ1) is 7.25. The van der Waals surface area contributed by atoms with Crippen molar-refractivity contribution in [2.75, 3.05) is 13.1 Å². The minimum absolute atomic E-state index is 0. The van der Waals surface area contributed by atoms with Crippen LogP contribution in [0.25, 0.3) is 0 Å². The Morgan fingerprint density at radius 1 is 1.00 bits per heavy atom. The molecule has 2 unspecified atom stereocenters. The third kappa shape index (κ3) is 5.85. The smallest absolute Gasteiger partial charge is 0.00930 e. The Morgan fingerprint density at radius 2 is 1.62 bits per heavy atom. The summed E-state index contributed by atoms with van der Waals surface area (Å²) in [6, 6.07) is 0.834. The largest absolute Gasteiger partial charge is 0.300 e. The van der Waals surface area contributed by atoms with Gasteiger partial charge in [-0.05, 0) is 38.8 Å². The van der Waals surface area contributed by atoms with Crippen LogP contribution in [0.5, 0.6) is 0 Å². The quantitative estimate of drug-likeness (QED) is 0.480. The van der Waals surface area contributed by atoms with Gasteiger partial charge in [0.15, 0.2) is 0 Å². The molecule has 1 aliphatic heterocycles. The molecule has 0 spiro atoms. The number of rotatable bonds is 7. The van der Waals surface area contributed by atoms with Gasteiger partial charge in [-0.1, -0.05) is 46.0 Å². The monoisotopic (exact) mass is 339 g/mol. The molecule has 1 nitrogen and oxygen atoms in total. The molecule has 0 aromatic rings. The SMILES string of the molecule is CCCCCCCCN1CCC(C)C1C.I. The summed E-state index contributed by atoms with van der Waals surface area (Å²) in [5.41, 5.74) is 0. The molecular weight excluding hydrogens is 309 g/mol. The fourth-order valence-corrected chi connectivity index (χ4v) is 2.58. The molecule has 0 bridgehead atoms. The van der Waals surface area contributed by atoms with E-state index in [4.69, 9.17) is 0 Å². The normalized spacial score (nSPS) is 25.7. The van der Waals surface area contributed by atoms with E-state index in [1.807, 2.05) is 0 Å². The van der Waals surface area contributed by atoms with Crippen molar-refractivity contribution in [3.8, 4) is 0 Å². The van der Waals surface area contributed by atoms with Gasteiger partial charge in [0.1, 0.15) is 0 Å². The van der Waals surface area contributed by atoms with Crippen LogP contribution in [-0.4, -0.2) is 24.0 Å². The zero-order valence-corrected chi connectivity index (χ0v) is 13.7. The molecule has 0 aromatic carbocycles. The van der Waals surface area contributed by atoms with Crippen LogP contribution in [0.1, 0.15) is 65.7 Å². The molecule has 1 saturated heterocycles.